The molecule has 0 heterocycles. The van der Waals surface area contributed by atoms with Crippen LogP contribution in [0, 0.1) is 11.8 Å². The summed E-state index contributed by atoms with van der Waals surface area (Å²) in [7, 11) is 0. The molecular weight excluding hydrogens is 264 g/mol. The maximum absolute atomic E-state index is 11.5. The van der Waals surface area contributed by atoms with Gasteiger partial charge in [0.1, 0.15) is 18.7 Å². The van der Waals surface area contributed by atoms with E-state index in [2.05, 4.69) is 0 Å². The van der Waals surface area contributed by atoms with E-state index in [0.717, 1.165) is 0 Å². The first-order valence-electron chi connectivity index (χ1n) is 6.46. The number of ether oxygens (including phenoxy) is 2. The zero-order chi connectivity index (χ0) is 15.9. The lowest BCUT2D eigenvalue weighted by Gasteiger charge is -2.19. The smallest absolute Gasteiger partial charge is 0.324 e. The Balaban J connectivity index is 4.33. The minimum atomic E-state index is -1.30. The Morgan fingerprint density at radius 3 is 1.85 bits per heavy atom. The maximum Gasteiger partial charge on any atom is 0.324 e. The second kappa shape index (κ2) is 8.65. The van der Waals surface area contributed by atoms with Gasteiger partial charge in [-0.3, -0.25) is 14.4 Å². The third kappa shape index (κ3) is 6.12. The number of nitrogens with two attached hydrogens (primary N) is 2. The summed E-state index contributed by atoms with van der Waals surface area (Å²) in [5.41, 5.74) is 11.2. The van der Waals surface area contributed by atoms with Crippen LogP contribution in [-0.2, 0) is 23.9 Å². The fourth-order valence-corrected chi connectivity index (χ4v) is 1.11. The Kier molecular flexibility index (Phi) is 8.02. The van der Waals surface area contributed by atoms with Crippen LogP contribution in [0.15, 0.2) is 0 Å². The molecular formula is C13H23N2O5. The summed E-state index contributed by atoms with van der Waals surface area (Å²) in [4.78, 5) is 33.7. The third-order valence-electron chi connectivity index (χ3n) is 2.75. The molecule has 0 saturated carbocycles. The normalized spacial score (nSPS) is 15.6. The summed E-state index contributed by atoms with van der Waals surface area (Å²) in [6.07, 6.45) is 0.188. The average molecular weight is 287 g/mol. The fourth-order valence-electron chi connectivity index (χ4n) is 1.11. The van der Waals surface area contributed by atoms with Crippen molar-refractivity contribution in [3.63, 3.8) is 0 Å². The predicted octanol–water partition coefficient (Wildman–Crippen LogP) is -0.482. The van der Waals surface area contributed by atoms with Crippen molar-refractivity contribution in [3.8, 4) is 0 Å². The van der Waals surface area contributed by atoms with Crippen molar-refractivity contribution in [2.45, 2.75) is 45.9 Å². The van der Waals surface area contributed by atoms with Gasteiger partial charge in [0.05, 0.1) is 0 Å². The Morgan fingerprint density at radius 2 is 1.45 bits per heavy atom. The van der Waals surface area contributed by atoms with E-state index in [1.807, 2.05) is 0 Å². The lowest BCUT2D eigenvalue weighted by Crippen LogP contribution is -2.42. The Morgan fingerprint density at radius 1 is 1.00 bits per heavy atom. The molecule has 0 rings (SSSR count). The van der Waals surface area contributed by atoms with E-state index in [9.17, 15) is 14.4 Å². The molecule has 0 aliphatic carbocycles. The van der Waals surface area contributed by atoms with E-state index in [1.54, 1.807) is 27.7 Å². The summed E-state index contributed by atoms with van der Waals surface area (Å²) in [6.45, 7) is 6.59. The number of esters is 2. The second-order valence-corrected chi connectivity index (χ2v) is 5.21. The summed E-state index contributed by atoms with van der Waals surface area (Å²) in [6, 6.07) is -1.64. The summed E-state index contributed by atoms with van der Waals surface area (Å²) >= 11 is 0. The van der Waals surface area contributed by atoms with Gasteiger partial charge >= 0.3 is 11.9 Å². The first-order valence-corrected chi connectivity index (χ1v) is 6.46. The first-order chi connectivity index (χ1) is 9.20. The Hall–Kier alpha value is -1.47. The van der Waals surface area contributed by atoms with Gasteiger partial charge in [0.15, 0.2) is 0 Å². The van der Waals surface area contributed by atoms with Crippen molar-refractivity contribution in [3.05, 3.63) is 0 Å². The Labute approximate surface area is 119 Å². The van der Waals surface area contributed by atoms with Crippen LogP contribution in [0.4, 0.5) is 0 Å². The molecule has 1 radical (unpaired) electrons. The lowest BCUT2D eigenvalue weighted by molar-refractivity contribution is -0.158. The number of hydrogen-bond acceptors (Lipinski definition) is 7. The molecule has 0 aromatic rings. The van der Waals surface area contributed by atoms with Crippen LogP contribution in [0.1, 0.15) is 27.7 Å². The van der Waals surface area contributed by atoms with Crippen LogP contribution in [0.2, 0.25) is 0 Å². The van der Waals surface area contributed by atoms with Gasteiger partial charge in [-0.05, 0) is 11.8 Å². The minimum absolute atomic E-state index is 0.0990. The second-order valence-electron chi connectivity index (χ2n) is 5.21. The summed E-state index contributed by atoms with van der Waals surface area (Å²) in [5.74, 6) is -1.63. The summed E-state index contributed by atoms with van der Waals surface area (Å²) < 4.78 is 9.62. The number of hydrogen-bond donors (Lipinski definition) is 2. The number of carbonyl (C=O) groups is 2. The van der Waals surface area contributed by atoms with Crippen molar-refractivity contribution in [1.82, 2.24) is 0 Å². The molecule has 7 nitrogen and oxygen atoms in total. The van der Waals surface area contributed by atoms with Crippen LogP contribution in [0.25, 0.3) is 0 Å². The molecule has 0 spiro atoms. The third-order valence-corrected chi connectivity index (χ3v) is 2.75. The van der Waals surface area contributed by atoms with Gasteiger partial charge in [-0.1, -0.05) is 27.7 Å². The topological polar surface area (TPSA) is 122 Å². The highest BCUT2D eigenvalue weighted by molar-refractivity contribution is 5.78. The monoisotopic (exact) mass is 287 g/mol. The molecule has 20 heavy (non-hydrogen) atoms. The highest BCUT2D eigenvalue weighted by Crippen LogP contribution is 2.04. The number of carbonyl (C=O) groups excluding carboxylic acids is 3. The van der Waals surface area contributed by atoms with Crippen LogP contribution in [0.5, 0.6) is 0 Å². The van der Waals surface area contributed by atoms with Crippen LogP contribution in [0.3, 0.4) is 0 Å². The summed E-state index contributed by atoms with van der Waals surface area (Å²) in [5, 5.41) is 0. The van der Waals surface area contributed by atoms with Gasteiger partial charge in [-0.15, -0.1) is 0 Å². The van der Waals surface area contributed by atoms with Crippen LogP contribution in [-0.4, -0.2) is 43.0 Å². The van der Waals surface area contributed by atoms with Crippen molar-refractivity contribution in [2.24, 2.45) is 23.3 Å². The molecule has 0 bridgehead atoms. The van der Waals surface area contributed by atoms with E-state index in [1.165, 1.54) is 6.29 Å². The van der Waals surface area contributed by atoms with Crippen molar-refractivity contribution in [2.75, 3.05) is 6.61 Å². The SMILES string of the molecule is CC(C)[C@H](N)C(=O)OCC([C]=O)OC(=O)[C@@H](N)C(C)C. The van der Waals surface area contributed by atoms with E-state index < -0.39 is 36.7 Å². The quantitative estimate of drug-likeness (QED) is 0.578. The molecule has 115 valence electrons. The van der Waals surface area contributed by atoms with E-state index in [0.29, 0.717) is 0 Å². The van der Waals surface area contributed by atoms with Gasteiger partial charge in [0.2, 0.25) is 12.4 Å². The van der Waals surface area contributed by atoms with E-state index in [-0.39, 0.29) is 11.8 Å². The molecule has 0 fully saturated rings. The zero-order valence-electron chi connectivity index (χ0n) is 12.3. The number of rotatable bonds is 8. The van der Waals surface area contributed by atoms with Gasteiger partial charge in [-0.2, -0.15) is 0 Å². The molecule has 7 heteroatoms. The first kappa shape index (κ1) is 18.5. The van der Waals surface area contributed by atoms with Gasteiger partial charge < -0.3 is 20.9 Å². The molecule has 0 aromatic carbocycles. The van der Waals surface area contributed by atoms with Crippen molar-refractivity contribution < 1.29 is 23.9 Å². The standard InChI is InChI=1S/C13H23N2O5/c1-7(2)10(14)12(17)19-6-9(5-16)20-13(18)11(15)8(3)4/h7-11H,6,14-15H2,1-4H3/t9?,10-,11-/m0/s1. The predicted molar refractivity (Wildman–Crippen MR) is 72.2 cm³/mol. The fraction of sp³-hybridized carbons (Fsp3) is 0.769. The highest BCUT2D eigenvalue weighted by atomic mass is 16.6. The minimum Gasteiger partial charge on any atom is -0.460 e. The molecule has 1 unspecified atom stereocenters. The van der Waals surface area contributed by atoms with Crippen LogP contribution < -0.4 is 11.5 Å². The molecule has 0 aromatic heterocycles. The Bertz CT molecular complexity index is 344. The lowest BCUT2D eigenvalue weighted by atomic mass is 10.1. The molecule has 0 aliphatic rings. The largest absolute Gasteiger partial charge is 0.460 e. The maximum atomic E-state index is 11.5. The zero-order valence-corrected chi connectivity index (χ0v) is 12.3. The van der Waals surface area contributed by atoms with Gasteiger partial charge in [0.25, 0.3) is 0 Å². The van der Waals surface area contributed by atoms with Gasteiger partial charge in [-0.25, -0.2) is 0 Å². The average Bonchev–Trinajstić information content (AvgIpc) is 2.40. The van der Waals surface area contributed by atoms with Gasteiger partial charge in [0, 0.05) is 0 Å². The van der Waals surface area contributed by atoms with Crippen LogP contribution >= 0.6 is 0 Å². The highest BCUT2D eigenvalue weighted by Gasteiger charge is 2.25. The van der Waals surface area contributed by atoms with E-state index in [4.69, 9.17) is 20.9 Å². The molecule has 0 amide bonds. The molecule has 3 atom stereocenters. The molecule has 4 N–H and O–H groups in total. The van der Waals surface area contributed by atoms with Crippen molar-refractivity contribution >= 4 is 18.2 Å². The molecule has 0 saturated heterocycles. The molecule has 0 aliphatic heterocycles. The van der Waals surface area contributed by atoms with E-state index >= 15 is 0 Å². The van der Waals surface area contributed by atoms with Crippen molar-refractivity contribution in [1.29, 1.82) is 0 Å².